The molecular formula is C15H19F2NO. The highest BCUT2D eigenvalue weighted by Gasteiger charge is 2.16. The van der Waals surface area contributed by atoms with Gasteiger partial charge >= 0.3 is 0 Å². The zero-order chi connectivity index (χ0) is 13.7. The summed E-state index contributed by atoms with van der Waals surface area (Å²) in [7, 11) is 0. The van der Waals surface area contributed by atoms with E-state index in [0.29, 0.717) is 11.5 Å². The largest absolute Gasteiger partial charge is 0.346 e. The van der Waals surface area contributed by atoms with E-state index in [9.17, 15) is 13.6 Å². The number of halogens is 2. The van der Waals surface area contributed by atoms with Crippen LogP contribution < -0.4 is 5.32 Å². The predicted octanol–water partition coefficient (Wildman–Crippen LogP) is 3.73. The molecule has 0 saturated heterocycles. The summed E-state index contributed by atoms with van der Waals surface area (Å²) >= 11 is 0. The highest BCUT2D eigenvalue weighted by molar-refractivity contribution is 5.94. The molecule has 1 aliphatic rings. The van der Waals surface area contributed by atoms with Crippen molar-refractivity contribution in [3.05, 3.63) is 35.4 Å². The molecule has 1 saturated carbocycles. The summed E-state index contributed by atoms with van der Waals surface area (Å²) in [5.41, 5.74) is 1.70. The van der Waals surface area contributed by atoms with Gasteiger partial charge in [0.15, 0.2) is 0 Å². The van der Waals surface area contributed by atoms with Crippen molar-refractivity contribution in [1.29, 1.82) is 0 Å². The topological polar surface area (TPSA) is 29.1 Å². The van der Waals surface area contributed by atoms with Crippen LogP contribution in [0.2, 0.25) is 0 Å². The molecule has 1 fully saturated rings. The minimum atomic E-state index is -2.51. The smallest absolute Gasteiger partial charge is 0.255 e. The number of alkyl halides is 2. The first-order chi connectivity index (χ1) is 9.16. The molecule has 0 unspecified atom stereocenters. The van der Waals surface area contributed by atoms with E-state index < -0.39 is 18.9 Å². The Morgan fingerprint density at radius 1 is 1.16 bits per heavy atom. The molecule has 19 heavy (non-hydrogen) atoms. The van der Waals surface area contributed by atoms with E-state index in [0.717, 1.165) is 0 Å². The normalized spacial score (nSPS) is 16.6. The summed E-state index contributed by atoms with van der Waals surface area (Å²) in [5.74, 6) is 0.155. The third-order valence-corrected chi connectivity index (χ3v) is 3.67. The third-order valence-electron chi connectivity index (χ3n) is 3.67. The van der Waals surface area contributed by atoms with Crippen LogP contribution in [0.25, 0.3) is 0 Å². The van der Waals surface area contributed by atoms with Gasteiger partial charge in [0.05, 0.1) is 6.54 Å². The Bertz CT molecular complexity index is 411. The van der Waals surface area contributed by atoms with Crippen molar-refractivity contribution in [3.63, 3.8) is 0 Å². The van der Waals surface area contributed by atoms with E-state index >= 15 is 0 Å². The molecule has 0 bridgehead atoms. The first-order valence-electron chi connectivity index (χ1n) is 6.83. The van der Waals surface area contributed by atoms with Crippen molar-refractivity contribution >= 4 is 5.91 Å². The van der Waals surface area contributed by atoms with E-state index in [2.05, 4.69) is 5.32 Å². The lowest BCUT2D eigenvalue weighted by molar-refractivity contribution is 0.0891. The van der Waals surface area contributed by atoms with Crippen molar-refractivity contribution in [1.82, 2.24) is 5.32 Å². The standard InChI is InChI=1S/C15H19F2NO/c16-14(17)10-18-15(19)13-8-6-12(7-9-13)11-4-2-1-3-5-11/h6-9,11,14H,1-5,10H2,(H,18,19). The van der Waals surface area contributed by atoms with Gasteiger partial charge in [0.2, 0.25) is 0 Å². The monoisotopic (exact) mass is 267 g/mol. The molecule has 4 heteroatoms. The minimum absolute atomic E-state index is 0.435. The van der Waals surface area contributed by atoms with E-state index in [1.807, 2.05) is 12.1 Å². The Kier molecular flexibility index (Phi) is 4.88. The van der Waals surface area contributed by atoms with Crippen molar-refractivity contribution in [2.24, 2.45) is 0 Å². The maximum Gasteiger partial charge on any atom is 0.255 e. The second-order valence-electron chi connectivity index (χ2n) is 5.06. The van der Waals surface area contributed by atoms with Gasteiger partial charge in [-0.25, -0.2) is 8.78 Å². The summed E-state index contributed by atoms with van der Waals surface area (Å²) in [6.07, 6.45) is 3.74. The molecule has 0 atom stereocenters. The Hall–Kier alpha value is -1.45. The Labute approximate surface area is 112 Å². The predicted molar refractivity (Wildman–Crippen MR) is 70.6 cm³/mol. The average molecular weight is 267 g/mol. The van der Waals surface area contributed by atoms with Crippen LogP contribution in [0.15, 0.2) is 24.3 Å². The molecule has 1 aromatic carbocycles. The van der Waals surface area contributed by atoms with Crippen molar-refractivity contribution in [2.45, 2.75) is 44.4 Å². The highest BCUT2D eigenvalue weighted by atomic mass is 19.3. The molecule has 1 aromatic rings. The number of hydrogen-bond acceptors (Lipinski definition) is 1. The third kappa shape index (κ3) is 4.01. The number of hydrogen-bond donors (Lipinski definition) is 1. The van der Waals surface area contributed by atoms with Crippen LogP contribution in [0, 0.1) is 0 Å². The van der Waals surface area contributed by atoms with Gasteiger partial charge < -0.3 is 5.32 Å². The van der Waals surface area contributed by atoms with E-state index in [4.69, 9.17) is 0 Å². The fourth-order valence-corrected chi connectivity index (χ4v) is 2.61. The number of carbonyl (C=O) groups is 1. The molecule has 1 aliphatic carbocycles. The lowest BCUT2D eigenvalue weighted by Gasteiger charge is -2.22. The van der Waals surface area contributed by atoms with Gasteiger partial charge in [-0.05, 0) is 36.5 Å². The summed E-state index contributed by atoms with van der Waals surface area (Å²) in [4.78, 5) is 11.6. The number of nitrogens with one attached hydrogen (secondary N) is 1. The van der Waals surface area contributed by atoms with Crippen LogP contribution in [0.5, 0.6) is 0 Å². The molecular weight excluding hydrogens is 248 g/mol. The van der Waals surface area contributed by atoms with E-state index in [1.54, 1.807) is 12.1 Å². The summed E-state index contributed by atoms with van der Waals surface area (Å²) in [6, 6.07) is 7.36. The molecule has 0 aliphatic heterocycles. The summed E-state index contributed by atoms with van der Waals surface area (Å²) < 4.78 is 24.0. The fourth-order valence-electron chi connectivity index (χ4n) is 2.61. The quantitative estimate of drug-likeness (QED) is 0.884. The van der Waals surface area contributed by atoms with Gasteiger partial charge in [0.1, 0.15) is 0 Å². The van der Waals surface area contributed by atoms with Gasteiger partial charge in [0, 0.05) is 5.56 Å². The van der Waals surface area contributed by atoms with E-state index in [1.165, 1.54) is 37.7 Å². The lowest BCUT2D eigenvalue weighted by atomic mass is 9.84. The molecule has 0 spiro atoms. The fraction of sp³-hybridized carbons (Fsp3) is 0.533. The molecule has 0 heterocycles. The first-order valence-corrected chi connectivity index (χ1v) is 6.83. The Morgan fingerprint density at radius 2 is 1.79 bits per heavy atom. The minimum Gasteiger partial charge on any atom is -0.346 e. The van der Waals surface area contributed by atoms with Crippen LogP contribution >= 0.6 is 0 Å². The maximum absolute atomic E-state index is 12.0. The van der Waals surface area contributed by atoms with Gasteiger partial charge in [-0.1, -0.05) is 31.4 Å². The number of benzene rings is 1. The van der Waals surface area contributed by atoms with Crippen LogP contribution in [0.4, 0.5) is 8.78 Å². The molecule has 2 nitrogen and oxygen atoms in total. The Balaban J connectivity index is 1.95. The zero-order valence-electron chi connectivity index (χ0n) is 10.9. The second kappa shape index (κ2) is 6.64. The second-order valence-corrected chi connectivity index (χ2v) is 5.06. The van der Waals surface area contributed by atoms with Gasteiger partial charge in [-0.2, -0.15) is 0 Å². The van der Waals surface area contributed by atoms with Gasteiger partial charge in [-0.3, -0.25) is 4.79 Å². The van der Waals surface area contributed by atoms with Crippen molar-refractivity contribution in [2.75, 3.05) is 6.54 Å². The highest BCUT2D eigenvalue weighted by Crippen LogP contribution is 2.32. The molecule has 104 valence electrons. The lowest BCUT2D eigenvalue weighted by Crippen LogP contribution is -2.28. The van der Waals surface area contributed by atoms with Crippen molar-refractivity contribution in [3.8, 4) is 0 Å². The van der Waals surface area contributed by atoms with Crippen molar-refractivity contribution < 1.29 is 13.6 Å². The number of rotatable bonds is 4. The van der Waals surface area contributed by atoms with Crippen LogP contribution in [0.1, 0.15) is 53.9 Å². The number of amides is 1. The Morgan fingerprint density at radius 3 is 2.37 bits per heavy atom. The average Bonchev–Trinajstić information content (AvgIpc) is 2.46. The van der Waals surface area contributed by atoms with Crippen LogP contribution in [0.3, 0.4) is 0 Å². The SMILES string of the molecule is O=C(NCC(F)F)c1ccc(C2CCCCC2)cc1. The van der Waals surface area contributed by atoms with Crippen LogP contribution in [-0.2, 0) is 0 Å². The molecule has 1 N–H and O–H groups in total. The number of carbonyl (C=O) groups excluding carboxylic acids is 1. The van der Waals surface area contributed by atoms with Gasteiger partial charge in [0.25, 0.3) is 12.3 Å². The molecule has 1 amide bonds. The summed E-state index contributed by atoms with van der Waals surface area (Å²) in [5, 5.41) is 2.21. The van der Waals surface area contributed by atoms with E-state index in [-0.39, 0.29) is 0 Å². The summed E-state index contributed by atoms with van der Waals surface area (Å²) in [6.45, 7) is -0.594. The zero-order valence-corrected chi connectivity index (χ0v) is 10.9. The molecule has 0 radical (unpaired) electrons. The van der Waals surface area contributed by atoms with Gasteiger partial charge in [-0.15, -0.1) is 0 Å². The maximum atomic E-state index is 12.0. The van der Waals surface area contributed by atoms with Crippen LogP contribution in [-0.4, -0.2) is 18.9 Å². The molecule has 0 aromatic heterocycles. The first kappa shape index (κ1) is 14.0. The molecule has 2 rings (SSSR count).